The number of benzene rings is 1. The molecule has 1 atom stereocenters. The molecule has 2 heterocycles. The maximum Gasteiger partial charge on any atom is 0.264 e. The lowest BCUT2D eigenvalue weighted by molar-refractivity contribution is -0.136. The van der Waals surface area contributed by atoms with Crippen LogP contribution in [-0.2, 0) is 14.3 Å². The molecule has 9 nitrogen and oxygen atoms in total. The average Bonchev–Trinajstić information content (AvgIpc) is 2.90. The molecule has 4 N–H and O–H groups in total. The van der Waals surface area contributed by atoms with E-state index in [2.05, 4.69) is 10.6 Å². The Balaban J connectivity index is 0.000000224. The summed E-state index contributed by atoms with van der Waals surface area (Å²) in [4.78, 5) is 48.4. The SMILES string of the molecule is CNCCOC1CCC1.Nc1cccc2c1C(=O)N(C1CCC(=O)NC1=O)C2=O. The quantitative estimate of drug-likeness (QED) is 0.370. The predicted molar refractivity (Wildman–Crippen MR) is 105 cm³/mol. The first-order valence-electron chi connectivity index (χ1n) is 9.80. The normalized spacial score (nSPS) is 21.3. The minimum atomic E-state index is -0.959. The highest BCUT2D eigenvalue weighted by Gasteiger charge is 2.45. The number of nitrogen functional groups attached to an aromatic ring is 1. The first-order chi connectivity index (χ1) is 13.9. The Morgan fingerprint density at radius 1 is 1.17 bits per heavy atom. The van der Waals surface area contributed by atoms with E-state index >= 15 is 0 Å². The average molecular weight is 402 g/mol. The largest absolute Gasteiger partial charge is 0.398 e. The topological polar surface area (TPSA) is 131 Å². The van der Waals surface area contributed by atoms with Crippen LogP contribution in [-0.4, -0.2) is 60.9 Å². The second-order valence-electron chi connectivity index (χ2n) is 7.24. The Kier molecular flexibility index (Phi) is 6.60. The third kappa shape index (κ3) is 4.46. The molecular formula is C20H26N4O5. The molecule has 1 aromatic rings. The number of nitrogens with one attached hydrogen (secondary N) is 2. The highest BCUT2D eigenvalue weighted by molar-refractivity contribution is 6.25. The number of anilines is 1. The molecule has 3 aliphatic rings. The molecule has 1 aromatic carbocycles. The van der Waals surface area contributed by atoms with Gasteiger partial charge in [-0.25, -0.2) is 0 Å². The number of carbonyl (C=O) groups excluding carboxylic acids is 4. The Morgan fingerprint density at radius 2 is 1.93 bits per heavy atom. The highest BCUT2D eigenvalue weighted by Crippen LogP contribution is 2.30. The van der Waals surface area contributed by atoms with E-state index in [0.29, 0.717) is 6.10 Å². The molecule has 1 saturated carbocycles. The Bertz CT molecular complexity index is 821. The van der Waals surface area contributed by atoms with Gasteiger partial charge >= 0.3 is 0 Å². The lowest BCUT2D eigenvalue weighted by Crippen LogP contribution is -2.54. The molecule has 0 bridgehead atoms. The van der Waals surface area contributed by atoms with Crippen molar-refractivity contribution in [3.05, 3.63) is 29.3 Å². The van der Waals surface area contributed by atoms with Crippen LogP contribution in [0.3, 0.4) is 0 Å². The van der Waals surface area contributed by atoms with Gasteiger partial charge in [0.15, 0.2) is 0 Å². The lowest BCUT2D eigenvalue weighted by atomic mass is 9.96. The Labute approximate surface area is 168 Å². The number of likely N-dealkylation sites (N-methyl/N-ethyl adjacent to an activating group) is 1. The third-order valence-electron chi connectivity index (χ3n) is 5.26. The van der Waals surface area contributed by atoms with Crippen molar-refractivity contribution in [2.75, 3.05) is 25.9 Å². The van der Waals surface area contributed by atoms with Gasteiger partial charge in [0.2, 0.25) is 11.8 Å². The van der Waals surface area contributed by atoms with Crippen LogP contribution in [0.25, 0.3) is 0 Å². The van der Waals surface area contributed by atoms with Crippen molar-refractivity contribution in [3.8, 4) is 0 Å². The molecule has 9 heteroatoms. The highest BCUT2D eigenvalue weighted by atomic mass is 16.5. The number of ether oxygens (including phenoxy) is 1. The van der Waals surface area contributed by atoms with Crippen molar-refractivity contribution in [1.82, 2.24) is 15.5 Å². The van der Waals surface area contributed by atoms with Crippen molar-refractivity contribution >= 4 is 29.3 Å². The molecule has 4 rings (SSSR count). The van der Waals surface area contributed by atoms with Crippen molar-refractivity contribution in [1.29, 1.82) is 0 Å². The molecule has 0 aromatic heterocycles. The molecule has 1 saturated heterocycles. The summed E-state index contributed by atoms with van der Waals surface area (Å²) < 4.78 is 5.46. The van der Waals surface area contributed by atoms with E-state index in [0.717, 1.165) is 18.1 Å². The lowest BCUT2D eigenvalue weighted by Gasteiger charge is -2.27. The minimum absolute atomic E-state index is 0.0965. The van der Waals surface area contributed by atoms with Gasteiger partial charge in [0.05, 0.1) is 23.8 Å². The number of nitrogens with zero attached hydrogens (tertiary/aromatic N) is 1. The molecular weight excluding hydrogens is 376 g/mol. The van der Waals surface area contributed by atoms with Crippen molar-refractivity contribution in [3.63, 3.8) is 0 Å². The second kappa shape index (κ2) is 9.15. The van der Waals surface area contributed by atoms with Gasteiger partial charge in [0.25, 0.3) is 11.8 Å². The summed E-state index contributed by atoms with van der Waals surface area (Å²) in [6.07, 6.45) is 4.76. The summed E-state index contributed by atoms with van der Waals surface area (Å²) in [6, 6.07) is 3.64. The van der Waals surface area contributed by atoms with E-state index in [1.807, 2.05) is 7.05 Å². The molecule has 2 fully saturated rings. The second-order valence-corrected chi connectivity index (χ2v) is 7.24. The van der Waals surface area contributed by atoms with Gasteiger partial charge in [0.1, 0.15) is 6.04 Å². The van der Waals surface area contributed by atoms with Crippen LogP contribution in [0.4, 0.5) is 5.69 Å². The summed E-state index contributed by atoms with van der Waals surface area (Å²) in [7, 11) is 1.95. The van der Waals surface area contributed by atoms with Gasteiger partial charge in [-0.1, -0.05) is 6.07 Å². The van der Waals surface area contributed by atoms with Crippen molar-refractivity contribution in [2.45, 2.75) is 44.2 Å². The molecule has 1 unspecified atom stereocenters. The molecule has 1 aliphatic carbocycles. The maximum atomic E-state index is 12.3. The molecule has 29 heavy (non-hydrogen) atoms. The molecule has 156 valence electrons. The molecule has 0 radical (unpaired) electrons. The fourth-order valence-electron chi connectivity index (χ4n) is 3.41. The van der Waals surface area contributed by atoms with Crippen molar-refractivity contribution < 1.29 is 23.9 Å². The number of rotatable bonds is 5. The zero-order valence-corrected chi connectivity index (χ0v) is 16.4. The number of hydrogen-bond acceptors (Lipinski definition) is 7. The van der Waals surface area contributed by atoms with E-state index in [1.54, 1.807) is 6.07 Å². The minimum Gasteiger partial charge on any atom is -0.398 e. The van der Waals surface area contributed by atoms with Gasteiger partial charge in [-0.2, -0.15) is 0 Å². The number of nitrogens with two attached hydrogens (primary N) is 1. The summed E-state index contributed by atoms with van der Waals surface area (Å²) in [6.45, 7) is 1.86. The summed E-state index contributed by atoms with van der Waals surface area (Å²) in [5.74, 6) is -2.17. The van der Waals surface area contributed by atoms with Crippen LogP contribution < -0.4 is 16.4 Å². The van der Waals surface area contributed by atoms with Crippen LogP contribution in [0, 0.1) is 0 Å². The first-order valence-corrected chi connectivity index (χ1v) is 9.80. The van der Waals surface area contributed by atoms with E-state index in [-0.39, 0.29) is 29.7 Å². The van der Waals surface area contributed by atoms with E-state index in [9.17, 15) is 19.2 Å². The number of fused-ring (bicyclic) bond motifs is 1. The molecule has 2 aliphatic heterocycles. The fraction of sp³-hybridized carbons (Fsp3) is 0.500. The smallest absolute Gasteiger partial charge is 0.264 e. The van der Waals surface area contributed by atoms with Crippen LogP contribution in [0.1, 0.15) is 52.8 Å². The van der Waals surface area contributed by atoms with Crippen LogP contribution in [0.2, 0.25) is 0 Å². The molecule has 4 amide bonds. The zero-order chi connectivity index (χ0) is 21.0. The van der Waals surface area contributed by atoms with Crippen LogP contribution in [0.15, 0.2) is 18.2 Å². The van der Waals surface area contributed by atoms with Gasteiger partial charge in [-0.3, -0.25) is 29.4 Å². The standard InChI is InChI=1S/C13H11N3O4.C7H15NO/c14-7-3-1-2-6-10(7)13(20)16(12(6)19)8-4-5-9(17)15-11(8)18;1-8-5-6-9-7-3-2-4-7/h1-3,8H,4-5,14H2,(H,15,17,18);7-8H,2-6H2,1H3. The monoisotopic (exact) mass is 402 g/mol. The number of hydrogen-bond donors (Lipinski definition) is 3. The summed E-state index contributed by atoms with van der Waals surface area (Å²) >= 11 is 0. The number of imide groups is 2. The first kappa shape index (κ1) is 20.9. The third-order valence-corrected chi connectivity index (χ3v) is 5.26. The number of amides is 4. The van der Waals surface area contributed by atoms with Gasteiger partial charge in [0, 0.05) is 18.7 Å². The van der Waals surface area contributed by atoms with Gasteiger partial charge in [-0.15, -0.1) is 0 Å². The number of carbonyl (C=O) groups is 4. The maximum absolute atomic E-state index is 12.3. The van der Waals surface area contributed by atoms with Gasteiger partial charge in [-0.05, 0) is 44.9 Å². The molecule has 0 spiro atoms. The van der Waals surface area contributed by atoms with Crippen LogP contribution >= 0.6 is 0 Å². The predicted octanol–water partition coefficient (Wildman–Crippen LogP) is 0.445. The Hall–Kier alpha value is -2.78. The number of piperidine rings is 1. The van der Waals surface area contributed by atoms with E-state index in [1.165, 1.54) is 31.4 Å². The summed E-state index contributed by atoms with van der Waals surface area (Å²) in [5.41, 5.74) is 6.24. The Morgan fingerprint density at radius 3 is 2.52 bits per heavy atom. The van der Waals surface area contributed by atoms with Gasteiger partial charge < -0.3 is 15.8 Å². The van der Waals surface area contributed by atoms with Crippen LogP contribution in [0.5, 0.6) is 0 Å². The zero-order valence-electron chi connectivity index (χ0n) is 16.4. The fourth-order valence-corrected chi connectivity index (χ4v) is 3.41. The van der Waals surface area contributed by atoms with Crippen molar-refractivity contribution in [2.24, 2.45) is 0 Å². The van der Waals surface area contributed by atoms with E-state index < -0.39 is 29.7 Å². The summed E-state index contributed by atoms with van der Waals surface area (Å²) in [5, 5.41) is 5.18. The van der Waals surface area contributed by atoms with E-state index in [4.69, 9.17) is 10.5 Å².